The van der Waals surface area contributed by atoms with Crippen LogP contribution in [-0.4, -0.2) is 15.6 Å². The van der Waals surface area contributed by atoms with Crippen LogP contribution in [0.3, 0.4) is 0 Å². The first-order valence-electron chi connectivity index (χ1n) is 23.2. The van der Waals surface area contributed by atoms with Crippen LogP contribution in [-0.2, 0) is 24.7 Å². The number of hydrogen-bond acceptors (Lipinski definition) is 2. The molecule has 0 saturated heterocycles. The smallest absolute Gasteiger partial charge is 0.369 e. The molecule has 1 N–H and O–H groups in total. The van der Waals surface area contributed by atoms with Crippen LogP contribution in [0.15, 0.2) is 194 Å². The fourth-order valence-corrected chi connectivity index (χ4v) is 10.3. The Labute approximate surface area is 423 Å². The van der Waals surface area contributed by atoms with Gasteiger partial charge in [-0.25, -0.2) is 0 Å². The lowest BCUT2D eigenvalue weighted by Gasteiger charge is -2.28. The van der Waals surface area contributed by atoms with Crippen LogP contribution in [0.5, 0.6) is 0 Å². The SMILES string of the molecule is O=C1c2cccc(-n3c4c(-c5ccc(C(F)(F)F)cc5C(F)(F)F)cccc4c4cccc(-c5ccc(C(F)(F)F)cc5C(F)(F)F)c43)c2C(O)N1c1c(-c2ccccc2)cc(-c2ccccc2)cc1-c1ccccc1. The van der Waals surface area contributed by atoms with Crippen LogP contribution in [0.4, 0.5) is 58.4 Å². The number of carbonyl (C=O) groups excluding carboxylic acids is 1. The van der Waals surface area contributed by atoms with E-state index in [1.54, 1.807) is 36.4 Å². The van der Waals surface area contributed by atoms with E-state index in [1.807, 2.05) is 66.7 Å². The predicted molar refractivity (Wildman–Crippen MR) is 266 cm³/mol. The Morgan fingerprint density at radius 2 is 0.776 bits per heavy atom. The second-order valence-corrected chi connectivity index (χ2v) is 18.1. The van der Waals surface area contributed by atoms with Gasteiger partial charge >= 0.3 is 24.7 Å². The number of aliphatic hydroxyl groups excluding tert-OH is 1. The van der Waals surface area contributed by atoms with Crippen molar-refractivity contribution < 1.29 is 62.6 Å². The molecule has 0 aliphatic carbocycles. The van der Waals surface area contributed by atoms with Gasteiger partial charge in [-0.1, -0.05) is 146 Å². The molecule has 9 aromatic carbocycles. The third-order valence-corrected chi connectivity index (χ3v) is 13.6. The molecule has 0 fully saturated rings. The lowest BCUT2D eigenvalue weighted by atomic mass is 9.90. The molecule has 4 nitrogen and oxygen atoms in total. The Balaban J connectivity index is 1.25. The van der Waals surface area contributed by atoms with Gasteiger partial charge in [0.25, 0.3) is 5.91 Å². The Bertz CT molecular complexity index is 3720. The van der Waals surface area contributed by atoms with E-state index in [4.69, 9.17) is 0 Å². The first-order chi connectivity index (χ1) is 36.1. The minimum Gasteiger partial charge on any atom is -0.369 e. The average molecular weight is 1040 g/mol. The number of alkyl halides is 12. The van der Waals surface area contributed by atoms with Gasteiger partial charge in [-0.2, -0.15) is 52.7 Å². The molecule has 380 valence electrons. The van der Waals surface area contributed by atoms with E-state index < -0.39 is 70.2 Å². The van der Waals surface area contributed by atoms with Gasteiger partial charge in [0, 0.05) is 44.2 Å². The summed E-state index contributed by atoms with van der Waals surface area (Å²) < 4.78 is 177. The molecule has 1 aliphatic rings. The summed E-state index contributed by atoms with van der Waals surface area (Å²) in [6.07, 6.45) is -23.2. The van der Waals surface area contributed by atoms with Crippen LogP contribution in [0.25, 0.3) is 83.1 Å². The highest BCUT2D eigenvalue weighted by Crippen LogP contribution is 2.53. The van der Waals surface area contributed by atoms with Crippen molar-refractivity contribution in [1.82, 2.24) is 4.57 Å². The molecule has 0 saturated carbocycles. The molecule has 10 aromatic rings. The van der Waals surface area contributed by atoms with Crippen molar-refractivity contribution in [3.8, 4) is 61.3 Å². The normalized spacial score (nSPS) is 14.2. The molecule has 1 unspecified atom stereocenters. The zero-order valence-electron chi connectivity index (χ0n) is 38.8. The molecule has 1 amide bonds. The summed E-state index contributed by atoms with van der Waals surface area (Å²) in [6.45, 7) is 0. The van der Waals surface area contributed by atoms with Crippen molar-refractivity contribution in [2.24, 2.45) is 0 Å². The fourth-order valence-electron chi connectivity index (χ4n) is 10.3. The van der Waals surface area contributed by atoms with E-state index in [0.717, 1.165) is 16.0 Å². The number of fused-ring (bicyclic) bond motifs is 4. The summed E-state index contributed by atoms with van der Waals surface area (Å²) in [6, 6.07) is 45.0. The highest BCUT2D eigenvalue weighted by Gasteiger charge is 2.44. The zero-order valence-corrected chi connectivity index (χ0v) is 38.8. The van der Waals surface area contributed by atoms with Crippen LogP contribution < -0.4 is 4.90 Å². The Kier molecular flexibility index (Phi) is 11.8. The van der Waals surface area contributed by atoms with Gasteiger partial charge in [0.15, 0.2) is 6.23 Å². The van der Waals surface area contributed by atoms with Gasteiger partial charge < -0.3 is 9.67 Å². The van der Waals surface area contributed by atoms with Gasteiger partial charge in [0.2, 0.25) is 0 Å². The van der Waals surface area contributed by atoms with E-state index in [1.165, 1.54) is 59.2 Å². The summed E-state index contributed by atoms with van der Waals surface area (Å²) in [7, 11) is 0. The quantitative estimate of drug-likeness (QED) is 0.162. The number of amides is 1. The number of anilines is 1. The minimum absolute atomic E-state index is 0.0466. The van der Waals surface area contributed by atoms with Crippen molar-refractivity contribution in [3.05, 3.63) is 228 Å². The van der Waals surface area contributed by atoms with E-state index in [9.17, 15) is 31.4 Å². The van der Waals surface area contributed by atoms with Crippen LogP contribution >= 0.6 is 0 Å². The van der Waals surface area contributed by atoms with Crippen LogP contribution in [0.1, 0.15) is 44.4 Å². The minimum atomic E-state index is -5.41. The van der Waals surface area contributed by atoms with Gasteiger partial charge in [-0.05, 0) is 81.9 Å². The highest BCUT2D eigenvalue weighted by atomic mass is 19.4. The first kappa shape index (κ1) is 49.6. The summed E-state index contributed by atoms with van der Waals surface area (Å²) in [5.74, 6) is -0.767. The topological polar surface area (TPSA) is 45.5 Å². The third kappa shape index (κ3) is 8.42. The molecule has 11 rings (SSSR count). The molecule has 0 radical (unpaired) electrons. The number of benzene rings is 9. The molecule has 1 atom stereocenters. The summed E-state index contributed by atoms with van der Waals surface area (Å²) >= 11 is 0. The second kappa shape index (κ2) is 18.0. The average Bonchev–Trinajstić information content (AvgIpc) is 4.10. The maximum absolute atomic E-state index is 15.4. The summed E-state index contributed by atoms with van der Waals surface area (Å²) in [4.78, 5) is 16.6. The Hall–Kier alpha value is -8.63. The zero-order chi connectivity index (χ0) is 53.6. The number of hydrogen-bond donors (Lipinski definition) is 1. The van der Waals surface area contributed by atoms with Gasteiger partial charge in [-0.15, -0.1) is 0 Å². The number of halogens is 12. The van der Waals surface area contributed by atoms with Crippen molar-refractivity contribution in [2.75, 3.05) is 4.90 Å². The lowest BCUT2D eigenvalue weighted by Crippen LogP contribution is -2.29. The van der Waals surface area contributed by atoms with Crippen molar-refractivity contribution in [3.63, 3.8) is 0 Å². The maximum atomic E-state index is 15.4. The number of aromatic nitrogens is 1. The fraction of sp³-hybridized carbons (Fsp3) is 0.0833. The van der Waals surface area contributed by atoms with Crippen molar-refractivity contribution in [1.29, 1.82) is 0 Å². The van der Waals surface area contributed by atoms with E-state index in [2.05, 4.69) is 0 Å². The Morgan fingerprint density at radius 3 is 1.20 bits per heavy atom. The van der Waals surface area contributed by atoms with Gasteiger partial charge in [0.05, 0.1) is 44.7 Å². The molecule has 2 heterocycles. The molecule has 1 aliphatic heterocycles. The van der Waals surface area contributed by atoms with Crippen molar-refractivity contribution in [2.45, 2.75) is 30.9 Å². The molecular formula is C60H34F12N2O2. The molecule has 0 spiro atoms. The third-order valence-electron chi connectivity index (χ3n) is 13.6. The number of nitrogens with zero attached hydrogens (tertiary/aromatic N) is 2. The number of aliphatic hydroxyl groups is 1. The van der Waals surface area contributed by atoms with Crippen LogP contribution in [0, 0.1) is 0 Å². The molecule has 76 heavy (non-hydrogen) atoms. The first-order valence-corrected chi connectivity index (χ1v) is 23.2. The number of rotatable bonds is 7. The van der Waals surface area contributed by atoms with E-state index >= 15 is 31.1 Å². The highest BCUT2D eigenvalue weighted by molar-refractivity contribution is 6.19. The largest absolute Gasteiger partial charge is 0.417 e. The van der Waals surface area contributed by atoms with Crippen molar-refractivity contribution >= 4 is 33.4 Å². The lowest BCUT2D eigenvalue weighted by molar-refractivity contribution is -0.144. The maximum Gasteiger partial charge on any atom is 0.417 e. The summed E-state index contributed by atoms with van der Waals surface area (Å²) in [5, 5.41) is 13.2. The van der Waals surface area contributed by atoms with E-state index in [-0.39, 0.29) is 67.6 Å². The van der Waals surface area contributed by atoms with E-state index in [0.29, 0.717) is 46.5 Å². The number of carbonyl (C=O) groups is 1. The molecular weight excluding hydrogens is 1010 g/mol. The van der Waals surface area contributed by atoms with Gasteiger partial charge in [0.1, 0.15) is 0 Å². The van der Waals surface area contributed by atoms with Gasteiger partial charge in [-0.3, -0.25) is 9.69 Å². The molecule has 0 bridgehead atoms. The predicted octanol–water partition coefficient (Wildman–Crippen LogP) is 17.8. The summed E-state index contributed by atoms with van der Waals surface area (Å²) in [5.41, 5.74) is -5.90. The molecule has 16 heteroatoms. The standard InChI is InChI=1S/C60H34F12N2O2/c61-57(62,63)37-25-27-39(48(31-37)59(67,68)69)41-19-10-21-43-44-22-11-20-42(40-28-26-38(58(64,65)66)32-49(40)60(70,71)72)53(44)73(52(41)43)50-24-12-23-45-51(50)56(76)74(55(45)75)54-46(34-15-6-2-7-16-34)29-36(33-13-4-1-5-14-33)30-47(54)35-17-8-3-9-18-35/h1-32,56,76H. The van der Waals surface area contributed by atoms with Crippen LogP contribution in [0.2, 0.25) is 0 Å². The Morgan fingerprint density at radius 1 is 0.368 bits per heavy atom. The molecule has 1 aromatic heterocycles. The monoisotopic (exact) mass is 1040 g/mol. The number of para-hydroxylation sites is 2. The second-order valence-electron chi connectivity index (χ2n) is 18.1.